The molecule has 0 saturated carbocycles. The Morgan fingerprint density at radius 2 is 2.22 bits per heavy atom. The molecule has 23 heavy (non-hydrogen) atoms. The molecule has 0 saturated heterocycles. The number of carboxylic acids is 1. The monoisotopic (exact) mass is 318 g/mol. The van der Waals surface area contributed by atoms with E-state index in [1.165, 1.54) is 0 Å². The lowest BCUT2D eigenvalue weighted by atomic mass is 10.2. The quantitative estimate of drug-likeness (QED) is 0.906. The highest BCUT2D eigenvalue weighted by Gasteiger charge is 2.19. The topological polar surface area (TPSA) is 84.4 Å². The van der Waals surface area contributed by atoms with Crippen LogP contribution in [0.15, 0.2) is 10.6 Å². The van der Waals surface area contributed by atoms with Crippen LogP contribution in [0, 0.1) is 13.8 Å². The molecule has 0 aromatic carbocycles. The van der Waals surface area contributed by atoms with Crippen molar-refractivity contribution in [2.45, 2.75) is 52.7 Å². The zero-order valence-electron chi connectivity index (χ0n) is 13.6. The molecule has 1 aliphatic rings. The normalized spacial score (nSPS) is 15.4. The molecule has 3 heterocycles. The molecule has 2 aromatic rings. The van der Waals surface area contributed by atoms with Crippen molar-refractivity contribution in [3.05, 3.63) is 34.5 Å². The zero-order chi connectivity index (χ0) is 16.4. The van der Waals surface area contributed by atoms with Gasteiger partial charge < -0.3 is 9.63 Å². The molecule has 2 aromatic heterocycles. The maximum absolute atomic E-state index is 10.7. The number of hydrogen-bond donors (Lipinski definition) is 1. The summed E-state index contributed by atoms with van der Waals surface area (Å²) in [6, 6.07) is 2.04. The minimum Gasteiger partial charge on any atom is -0.481 e. The van der Waals surface area contributed by atoms with Crippen LogP contribution in [0.3, 0.4) is 0 Å². The molecule has 0 atom stereocenters. The van der Waals surface area contributed by atoms with Crippen LogP contribution in [0.2, 0.25) is 0 Å². The van der Waals surface area contributed by atoms with Crippen LogP contribution >= 0.6 is 0 Å². The maximum atomic E-state index is 10.7. The first-order valence-corrected chi connectivity index (χ1v) is 7.94. The van der Waals surface area contributed by atoms with Gasteiger partial charge in [0.1, 0.15) is 5.76 Å². The first-order valence-electron chi connectivity index (χ1n) is 7.94. The number of hydrogen-bond acceptors (Lipinski definition) is 5. The highest BCUT2D eigenvalue weighted by molar-refractivity contribution is 5.66. The molecular formula is C16H22N4O3. The lowest BCUT2D eigenvalue weighted by molar-refractivity contribution is -0.136. The minimum atomic E-state index is -0.784. The van der Waals surface area contributed by atoms with Crippen molar-refractivity contribution < 1.29 is 14.4 Å². The lowest BCUT2D eigenvalue weighted by Crippen LogP contribution is -2.23. The van der Waals surface area contributed by atoms with Gasteiger partial charge in [-0.05, 0) is 26.3 Å². The minimum absolute atomic E-state index is 0.124. The van der Waals surface area contributed by atoms with E-state index >= 15 is 0 Å². The van der Waals surface area contributed by atoms with Gasteiger partial charge in [-0.15, -0.1) is 0 Å². The van der Waals surface area contributed by atoms with Crippen LogP contribution in [0.5, 0.6) is 0 Å². The molecule has 0 radical (unpaired) electrons. The van der Waals surface area contributed by atoms with Crippen molar-refractivity contribution in [1.82, 2.24) is 19.8 Å². The number of aryl methyl sites for hydroxylation is 4. The average Bonchev–Trinajstić information content (AvgIpc) is 2.96. The maximum Gasteiger partial charge on any atom is 0.303 e. The van der Waals surface area contributed by atoms with Crippen LogP contribution in [-0.2, 0) is 30.8 Å². The Kier molecular flexibility index (Phi) is 4.47. The third kappa shape index (κ3) is 3.61. The summed E-state index contributed by atoms with van der Waals surface area (Å²) in [5.41, 5.74) is 4.11. The largest absolute Gasteiger partial charge is 0.481 e. The summed E-state index contributed by atoms with van der Waals surface area (Å²) in [5.74, 6) is 0.0932. The lowest BCUT2D eigenvalue weighted by Gasteiger charge is -2.19. The van der Waals surface area contributed by atoms with E-state index in [1.54, 1.807) is 0 Å². The van der Waals surface area contributed by atoms with Crippen LogP contribution in [0.4, 0.5) is 0 Å². The molecule has 0 aliphatic carbocycles. The van der Waals surface area contributed by atoms with Gasteiger partial charge in [0.15, 0.2) is 0 Å². The summed E-state index contributed by atoms with van der Waals surface area (Å²) in [4.78, 5) is 13.1. The number of rotatable bonds is 5. The number of carbonyl (C=O) groups is 1. The fourth-order valence-electron chi connectivity index (χ4n) is 3.03. The first kappa shape index (κ1) is 15.7. The third-order valence-electron chi connectivity index (χ3n) is 4.30. The Labute approximate surface area is 134 Å². The molecule has 124 valence electrons. The summed E-state index contributed by atoms with van der Waals surface area (Å²) >= 11 is 0. The van der Waals surface area contributed by atoms with Crippen molar-refractivity contribution in [2.75, 3.05) is 6.54 Å². The van der Waals surface area contributed by atoms with E-state index < -0.39 is 5.97 Å². The van der Waals surface area contributed by atoms with Crippen LogP contribution in [0.1, 0.15) is 41.2 Å². The molecule has 7 heteroatoms. The van der Waals surface area contributed by atoms with Gasteiger partial charge in [0.25, 0.3) is 0 Å². The second-order valence-electron chi connectivity index (χ2n) is 6.11. The molecule has 1 N–H and O–H groups in total. The zero-order valence-corrected chi connectivity index (χ0v) is 13.6. The first-order chi connectivity index (χ1) is 11.0. The number of aromatic nitrogens is 3. The molecule has 0 unspecified atom stereocenters. The fraction of sp³-hybridized carbons (Fsp3) is 0.562. The second kappa shape index (κ2) is 6.54. The summed E-state index contributed by atoms with van der Waals surface area (Å²) in [5, 5.41) is 17.4. The van der Waals surface area contributed by atoms with Gasteiger partial charge in [-0.3, -0.25) is 14.4 Å². The summed E-state index contributed by atoms with van der Waals surface area (Å²) in [6.07, 6.45) is 1.63. The molecule has 0 spiro atoms. The molecule has 0 fully saturated rings. The number of carboxylic acid groups (broad SMARTS) is 1. The van der Waals surface area contributed by atoms with E-state index in [4.69, 9.17) is 9.63 Å². The van der Waals surface area contributed by atoms with Crippen LogP contribution < -0.4 is 0 Å². The second-order valence-corrected chi connectivity index (χ2v) is 6.11. The Morgan fingerprint density at radius 1 is 1.39 bits per heavy atom. The Balaban J connectivity index is 1.71. The standard InChI is InChI=1S/C16H22N4O3/c1-11-15(12(2)23-18-11)10-19-6-3-7-20-14(9-19)8-13(17-20)4-5-16(21)22/h8H,3-7,9-10H2,1-2H3,(H,21,22). The SMILES string of the molecule is Cc1noc(C)c1CN1CCCn2nc(CCC(=O)O)cc2C1. The van der Waals surface area contributed by atoms with Gasteiger partial charge in [-0.2, -0.15) is 5.10 Å². The van der Waals surface area contributed by atoms with Crippen molar-refractivity contribution in [2.24, 2.45) is 0 Å². The average molecular weight is 318 g/mol. The molecule has 7 nitrogen and oxygen atoms in total. The Bertz CT molecular complexity index is 685. The summed E-state index contributed by atoms with van der Waals surface area (Å²) < 4.78 is 7.26. The third-order valence-corrected chi connectivity index (χ3v) is 4.30. The molecule has 0 bridgehead atoms. The predicted molar refractivity (Wildman–Crippen MR) is 82.9 cm³/mol. The van der Waals surface area contributed by atoms with Gasteiger partial charge in [0, 0.05) is 38.2 Å². The van der Waals surface area contributed by atoms with Gasteiger partial charge in [0.05, 0.1) is 23.5 Å². The molecule has 1 aliphatic heterocycles. The Hall–Kier alpha value is -2.15. The van der Waals surface area contributed by atoms with E-state index in [1.807, 2.05) is 24.6 Å². The summed E-state index contributed by atoms with van der Waals surface area (Å²) in [6.45, 7) is 7.42. The van der Waals surface area contributed by atoms with E-state index in [2.05, 4.69) is 15.2 Å². The smallest absolute Gasteiger partial charge is 0.303 e. The van der Waals surface area contributed by atoms with E-state index in [-0.39, 0.29) is 6.42 Å². The molecule has 0 amide bonds. The van der Waals surface area contributed by atoms with Gasteiger partial charge in [-0.25, -0.2) is 0 Å². The number of fused-ring (bicyclic) bond motifs is 1. The van der Waals surface area contributed by atoms with Crippen molar-refractivity contribution in [3.63, 3.8) is 0 Å². The van der Waals surface area contributed by atoms with E-state index in [0.29, 0.717) is 6.42 Å². The van der Waals surface area contributed by atoms with Gasteiger partial charge in [-0.1, -0.05) is 5.16 Å². The van der Waals surface area contributed by atoms with Crippen molar-refractivity contribution >= 4 is 5.97 Å². The van der Waals surface area contributed by atoms with Crippen molar-refractivity contribution in [3.8, 4) is 0 Å². The van der Waals surface area contributed by atoms with Crippen LogP contribution in [-0.4, -0.2) is 37.5 Å². The van der Waals surface area contributed by atoms with Crippen molar-refractivity contribution in [1.29, 1.82) is 0 Å². The molecule has 3 rings (SSSR count). The fourth-order valence-corrected chi connectivity index (χ4v) is 3.03. The van der Waals surface area contributed by atoms with Gasteiger partial charge >= 0.3 is 5.97 Å². The number of nitrogens with zero attached hydrogens (tertiary/aromatic N) is 4. The highest BCUT2D eigenvalue weighted by Crippen LogP contribution is 2.20. The predicted octanol–water partition coefficient (Wildman–Crippen LogP) is 1.91. The van der Waals surface area contributed by atoms with Crippen LogP contribution in [0.25, 0.3) is 0 Å². The van der Waals surface area contributed by atoms with E-state index in [0.717, 1.165) is 61.0 Å². The highest BCUT2D eigenvalue weighted by atomic mass is 16.5. The van der Waals surface area contributed by atoms with Gasteiger partial charge in [0.2, 0.25) is 0 Å². The van der Waals surface area contributed by atoms with E-state index in [9.17, 15) is 4.79 Å². The Morgan fingerprint density at radius 3 is 2.91 bits per heavy atom. The molecular weight excluding hydrogens is 296 g/mol. The number of aliphatic carboxylic acids is 1. The summed E-state index contributed by atoms with van der Waals surface area (Å²) in [7, 11) is 0.